The lowest BCUT2D eigenvalue weighted by molar-refractivity contribution is 0.516. The summed E-state index contributed by atoms with van der Waals surface area (Å²) in [5.41, 5.74) is 0.945. The molecule has 1 fully saturated rings. The first kappa shape index (κ1) is 14.0. The van der Waals surface area contributed by atoms with Gasteiger partial charge in [-0.05, 0) is 25.0 Å². The van der Waals surface area contributed by atoms with Crippen molar-refractivity contribution in [3.8, 4) is 0 Å². The molecule has 0 bridgehead atoms. The Morgan fingerprint density at radius 2 is 2.17 bits per heavy atom. The zero-order chi connectivity index (χ0) is 13.2. The molecule has 0 saturated carbocycles. The highest BCUT2D eigenvalue weighted by Crippen LogP contribution is 2.34. The van der Waals surface area contributed by atoms with Crippen molar-refractivity contribution in [3.05, 3.63) is 30.1 Å². The number of hydrogen-bond donors (Lipinski definition) is 0. The van der Waals surface area contributed by atoms with Gasteiger partial charge in [0.25, 0.3) is 0 Å². The number of pyridine rings is 1. The van der Waals surface area contributed by atoms with E-state index >= 15 is 0 Å². The summed E-state index contributed by atoms with van der Waals surface area (Å²) in [5, 5.41) is -0.275. The molecule has 2 rings (SSSR count). The maximum absolute atomic E-state index is 12.1. The van der Waals surface area contributed by atoms with Crippen LogP contribution in [0, 0.1) is 0 Å². The van der Waals surface area contributed by atoms with E-state index in [1.165, 1.54) is 0 Å². The fraction of sp³-hybridized carbons (Fsp3) is 0.615. The highest BCUT2D eigenvalue weighted by Gasteiger charge is 2.37. The molecule has 100 valence electrons. The van der Waals surface area contributed by atoms with Crippen LogP contribution in [0.5, 0.6) is 0 Å². The number of alkyl halides is 1. The number of nitrogens with zero attached hydrogens (tertiary/aromatic N) is 1. The van der Waals surface area contributed by atoms with Crippen LogP contribution in [-0.4, -0.2) is 29.2 Å². The predicted octanol–water partition coefficient (Wildman–Crippen LogP) is 2.92. The predicted molar refractivity (Wildman–Crippen MR) is 76.8 cm³/mol. The number of hydrogen-bond acceptors (Lipinski definition) is 3. The van der Waals surface area contributed by atoms with Crippen molar-refractivity contribution in [2.45, 2.75) is 42.2 Å². The highest BCUT2D eigenvalue weighted by atomic mass is 79.9. The van der Waals surface area contributed by atoms with Crippen LogP contribution in [0.3, 0.4) is 0 Å². The summed E-state index contributed by atoms with van der Waals surface area (Å²) in [4.78, 5) is 4.26. The van der Waals surface area contributed by atoms with Gasteiger partial charge in [0.05, 0.1) is 11.0 Å². The lowest BCUT2D eigenvalue weighted by Crippen LogP contribution is -2.38. The molecule has 3 nitrogen and oxygen atoms in total. The van der Waals surface area contributed by atoms with Crippen LogP contribution < -0.4 is 0 Å². The molecular formula is C13H18BrNO2S. The van der Waals surface area contributed by atoms with Crippen molar-refractivity contribution in [1.29, 1.82) is 0 Å². The molecule has 0 amide bonds. The molecule has 18 heavy (non-hydrogen) atoms. The normalized spacial score (nSPS) is 26.4. The molecular weight excluding hydrogens is 314 g/mol. The van der Waals surface area contributed by atoms with Crippen molar-refractivity contribution < 1.29 is 8.42 Å². The zero-order valence-electron chi connectivity index (χ0n) is 10.4. The van der Waals surface area contributed by atoms with Crippen LogP contribution >= 0.6 is 15.9 Å². The molecule has 0 N–H and O–H groups in total. The summed E-state index contributed by atoms with van der Waals surface area (Å²) in [5.74, 6) is 0.429. The third kappa shape index (κ3) is 2.94. The fourth-order valence-corrected chi connectivity index (χ4v) is 6.06. The summed E-state index contributed by atoms with van der Waals surface area (Å²) in [6.45, 7) is 2.03. The molecule has 0 aromatic carbocycles. The maximum atomic E-state index is 12.1. The van der Waals surface area contributed by atoms with Crippen LogP contribution in [0.25, 0.3) is 0 Å². The summed E-state index contributed by atoms with van der Waals surface area (Å²) < 4.78 is 24.2. The Morgan fingerprint density at radius 3 is 2.78 bits per heavy atom. The van der Waals surface area contributed by atoms with Gasteiger partial charge < -0.3 is 0 Å². The van der Waals surface area contributed by atoms with Gasteiger partial charge in [0.2, 0.25) is 0 Å². The number of rotatable bonds is 3. The quantitative estimate of drug-likeness (QED) is 0.800. The van der Waals surface area contributed by atoms with Crippen molar-refractivity contribution in [3.63, 3.8) is 0 Å². The van der Waals surface area contributed by atoms with E-state index < -0.39 is 9.84 Å². The minimum atomic E-state index is -2.95. The van der Waals surface area contributed by atoms with Gasteiger partial charge in [-0.25, -0.2) is 8.42 Å². The molecule has 3 unspecified atom stereocenters. The van der Waals surface area contributed by atoms with Gasteiger partial charge in [0.15, 0.2) is 9.84 Å². The van der Waals surface area contributed by atoms with Gasteiger partial charge in [-0.3, -0.25) is 4.98 Å². The Bertz CT molecular complexity index is 489. The molecule has 2 heterocycles. The molecule has 0 radical (unpaired) electrons. The second-order valence-electron chi connectivity index (χ2n) is 4.89. The van der Waals surface area contributed by atoms with Gasteiger partial charge in [0, 0.05) is 22.6 Å². The maximum Gasteiger partial charge on any atom is 0.154 e. The lowest BCUT2D eigenvalue weighted by atomic mass is 9.98. The molecule has 0 aliphatic carbocycles. The Kier molecular flexibility index (Phi) is 4.43. The number of aromatic nitrogens is 1. The topological polar surface area (TPSA) is 47.0 Å². The van der Waals surface area contributed by atoms with Crippen LogP contribution in [-0.2, 0) is 9.84 Å². The monoisotopic (exact) mass is 331 g/mol. The van der Waals surface area contributed by atoms with Crippen LogP contribution in [0.4, 0.5) is 0 Å². The smallest absolute Gasteiger partial charge is 0.154 e. The van der Waals surface area contributed by atoms with Gasteiger partial charge >= 0.3 is 0 Å². The standard InChI is InChI=1S/C13H18BrNO2S/c1-10(11-6-2-4-8-15-11)13(14)12-7-3-5-9-18(12,16)17/h2,4,6,8,10,12-13H,3,5,7,9H2,1H3. The van der Waals surface area contributed by atoms with E-state index in [2.05, 4.69) is 20.9 Å². The third-order valence-electron chi connectivity index (χ3n) is 3.62. The van der Waals surface area contributed by atoms with E-state index in [1.807, 2.05) is 25.1 Å². The van der Waals surface area contributed by atoms with Crippen molar-refractivity contribution in [2.24, 2.45) is 0 Å². The average Bonchev–Trinajstić information content (AvgIpc) is 2.37. The second kappa shape index (κ2) is 5.70. The van der Waals surface area contributed by atoms with Crippen LogP contribution in [0.2, 0.25) is 0 Å². The van der Waals surface area contributed by atoms with E-state index in [0.29, 0.717) is 5.75 Å². The Morgan fingerprint density at radius 1 is 1.39 bits per heavy atom. The number of sulfone groups is 1. The Labute approximate surface area is 117 Å². The lowest BCUT2D eigenvalue weighted by Gasteiger charge is -2.29. The van der Waals surface area contributed by atoms with E-state index in [9.17, 15) is 8.42 Å². The van der Waals surface area contributed by atoms with E-state index in [-0.39, 0.29) is 16.0 Å². The minimum Gasteiger partial charge on any atom is -0.261 e. The highest BCUT2D eigenvalue weighted by molar-refractivity contribution is 9.09. The van der Waals surface area contributed by atoms with Gasteiger partial charge in [-0.2, -0.15) is 0 Å². The van der Waals surface area contributed by atoms with E-state index in [1.54, 1.807) is 6.20 Å². The van der Waals surface area contributed by atoms with Gasteiger partial charge in [-0.1, -0.05) is 35.3 Å². The Balaban J connectivity index is 2.18. The van der Waals surface area contributed by atoms with Crippen molar-refractivity contribution in [1.82, 2.24) is 4.98 Å². The minimum absolute atomic E-state index is 0.0577. The zero-order valence-corrected chi connectivity index (χ0v) is 12.8. The van der Waals surface area contributed by atoms with Crippen LogP contribution in [0.15, 0.2) is 24.4 Å². The Hall–Kier alpha value is -0.420. The average molecular weight is 332 g/mol. The molecule has 1 aromatic heterocycles. The molecule has 1 aliphatic heterocycles. The van der Waals surface area contributed by atoms with E-state index in [0.717, 1.165) is 25.0 Å². The van der Waals surface area contributed by atoms with Crippen molar-refractivity contribution in [2.75, 3.05) is 5.75 Å². The van der Waals surface area contributed by atoms with Crippen LogP contribution in [0.1, 0.15) is 37.8 Å². The summed E-state index contributed by atoms with van der Waals surface area (Å²) >= 11 is 3.60. The molecule has 1 aliphatic rings. The van der Waals surface area contributed by atoms with Gasteiger partial charge in [0.1, 0.15) is 0 Å². The summed E-state index contributed by atoms with van der Waals surface area (Å²) in [6.07, 6.45) is 4.31. The molecule has 1 aromatic rings. The van der Waals surface area contributed by atoms with E-state index in [4.69, 9.17) is 0 Å². The summed E-state index contributed by atoms with van der Waals surface area (Å²) in [6, 6.07) is 5.76. The largest absolute Gasteiger partial charge is 0.261 e. The second-order valence-corrected chi connectivity index (χ2v) is 8.29. The fourth-order valence-electron chi connectivity index (χ4n) is 2.47. The van der Waals surface area contributed by atoms with Crippen molar-refractivity contribution >= 4 is 25.8 Å². The number of halogens is 1. The molecule has 5 heteroatoms. The SMILES string of the molecule is CC(c1ccccn1)C(Br)C1CCCCS1(=O)=O. The molecule has 0 spiro atoms. The molecule has 3 atom stereocenters. The first-order valence-corrected chi connectivity index (χ1v) is 8.92. The summed E-state index contributed by atoms with van der Waals surface area (Å²) in [7, 11) is -2.95. The first-order chi connectivity index (χ1) is 8.52. The molecule has 1 saturated heterocycles. The first-order valence-electron chi connectivity index (χ1n) is 6.29. The third-order valence-corrected chi connectivity index (χ3v) is 7.71. The van der Waals surface area contributed by atoms with Gasteiger partial charge in [-0.15, -0.1) is 0 Å².